The summed E-state index contributed by atoms with van der Waals surface area (Å²) in [7, 11) is 0. The van der Waals surface area contributed by atoms with Crippen molar-refractivity contribution in [2.24, 2.45) is 0 Å². The van der Waals surface area contributed by atoms with E-state index in [9.17, 15) is 4.79 Å². The summed E-state index contributed by atoms with van der Waals surface area (Å²) in [6.45, 7) is 3.13. The predicted molar refractivity (Wildman–Crippen MR) is 80.2 cm³/mol. The van der Waals surface area contributed by atoms with E-state index in [2.05, 4.69) is 15.9 Å². The molecule has 2 aromatic rings. The van der Waals surface area contributed by atoms with Gasteiger partial charge in [-0.1, -0.05) is 34.1 Å². The summed E-state index contributed by atoms with van der Waals surface area (Å²) >= 11 is 3.41. The average Bonchev–Trinajstić information content (AvgIpc) is 2.91. The fraction of sp³-hybridized carbons (Fsp3) is 0.400. The van der Waals surface area contributed by atoms with Crippen molar-refractivity contribution in [3.05, 3.63) is 36.1 Å². The van der Waals surface area contributed by atoms with Gasteiger partial charge in [0.15, 0.2) is 5.76 Å². The number of hydrogen-bond acceptors (Lipinski definition) is 3. The summed E-state index contributed by atoms with van der Waals surface area (Å²) in [5.74, 6) is 0.330. The third-order valence-corrected chi connectivity index (χ3v) is 4.30. The van der Waals surface area contributed by atoms with Gasteiger partial charge < -0.3 is 14.1 Å². The highest BCUT2D eigenvalue weighted by Crippen LogP contribution is 2.22. The summed E-state index contributed by atoms with van der Waals surface area (Å²) in [6, 6.07) is 9.52. The normalized spacial score (nSPS) is 23.2. The van der Waals surface area contributed by atoms with E-state index in [4.69, 9.17) is 9.15 Å². The van der Waals surface area contributed by atoms with Gasteiger partial charge in [-0.25, -0.2) is 0 Å². The molecule has 20 heavy (non-hydrogen) atoms. The number of furan rings is 1. The number of ether oxygens (including phenoxy) is 1. The van der Waals surface area contributed by atoms with Crippen molar-refractivity contribution in [3.8, 4) is 0 Å². The molecule has 0 spiro atoms. The van der Waals surface area contributed by atoms with Gasteiger partial charge in [-0.3, -0.25) is 4.79 Å². The molecule has 0 aliphatic carbocycles. The zero-order chi connectivity index (χ0) is 14.1. The lowest BCUT2D eigenvalue weighted by Gasteiger charge is -2.36. The molecule has 0 radical (unpaired) electrons. The van der Waals surface area contributed by atoms with Crippen LogP contribution in [-0.2, 0) is 4.74 Å². The molecule has 1 aliphatic heterocycles. The van der Waals surface area contributed by atoms with Crippen LogP contribution in [0, 0.1) is 0 Å². The Morgan fingerprint density at radius 2 is 2.25 bits per heavy atom. The monoisotopic (exact) mass is 337 g/mol. The molecule has 3 rings (SSSR count). The van der Waals surface area contributed by atoms with Crippen LogP contribution in [0.1, 0.15) is 17.5 Å². The fourth-order valence-corrected chi connectivity index (χ4v) is 2.81. The van der Waals surface area contributed by atoms with E-state index in [-0.39, 0.29) is 18.1 Å². The van der Waals surface area contributed by atoms with Crippen molar-refractivity contribution in [1.29, 1.82) is 0 Å². The highest BCUT2D eigenvalue weighted by Gasteiger charge is 2.31. The van der Waals surface area contributed by atoms with Crippen LogP contribution >= 0.6 is 15.9 Å². The van der Waals surface area contributed by atoms with Gasteiger partial charge in [0, 0.05) is 17.3 Å². The molecule has 5 heteroatoms. The molecule has 2 unspecified atom stereocenters. The molecule has 1 aromatic carbocycles. The summed E-state index contributed by atoms with van der Waals surface area (Å²) in [4.78, 5) is 14.4. The lowest BCUT2D eigenvalue weighted by Crippen LogP contribution is -2.51. The number of carbonyl (C=O) groups is 1. The summed E-state index contributed by atoms with van der Waals surface area (Å²) in [6.07, 6.45) is 0.0412. The number of alkyl halides is 1. The first-order chi connectivity index (χ1) is 9.69. The molecule has 1 amide bonds. The van der Waals surface area contributed by atoms with Gasteiger partial charge in [-0.15, -0.1) is 0 Å². The Hall–Kier alpha value is -1.33. The van der Waals surface area contributed by atoms with Gasteiger partial charge in [0.25, 0.3) is 5.91 Å². The number of carbonyl (C=O) groups excluding carboxylic acids is 1. The fourth-order valence-electron chi connectivity index (χ4n) is 2.42. The second kappa shape index (κ2) is 5.58. The first-order valence-electron chi connectivity index (χ1n) is 6.66. The van der Waals surface area contributed by atoms with Crippen LogP contribution in [0.4, 0.5) is 0 Å². The molecule has 0 bridgehead atoms. The second-order valence-corrected chi connectivity index (χ2v) is 5.71. The van der Waals surface area contributed by atoms with Gasteiger partial charge in [-0.2, -0.15) is 0 Å². The zero-order valence-corrected chi connectivity index (χ0v) is 12.8. The van der Waals surface area contributed by atoms with Crippen molar-refractivity contribution >= 4 is 32.8 Å². The molecular formula is C15H16BrNO3. The number of benzene rings is 1. The second-order valence-electron chi connectivity index (χ2n) is 5.06. The maximum Gasteiger partial charge on any atom is 0.290 e. The Kier molecular flexibility index (Phi) is 3.81. The van der Waals surface area contributed by atoms with Crippen molar-refractivity contribution in [1.82, 2.24) is 4.90 Å². The van der Waals surface area contributed by atoms with Crippen LogP contribution in [0.5, 0.6) is 0 Å². The largest absolute Gasteiger partial charge is 0.451 e. The summed E-state index contributed by atoms with van der Waals surface area (Å²) in [5.41, 5.74) is 0.744. The third-order valence-electron chi connectivity index (χ3n) is 3.57. The van der Waals surface area contributed by atoms with Crippen LogP contribution in [0.2, 0.25) is 0 Å². The molecule has 0 N–H and O–H groups in total. The highest BCUT2D eigenvalue weighted by atomic mass is 79.9. The van der Waals surface area contributed by atoms with E-state index in [1.807, 2.05) is 42.2 Å². The number of nitrogens with zero attached hydrogens (tertiary/aromatic N) is 1. The molecule has 106 valence electrons. The molecule has 4 nitrogen and oxygen atoms in total. The number of hydrogen-bond donors (Lipinski definition) is 0. The zero-order valence-electron chi connectivity index (χ0n) is 11.2. The molecule has 1 aliphatic rings. The number of amides is 1. The van der Waals surface area contributed by atoms with Crippen LogP contribution in [-0.4, -0.2) is 41.4 Å². The SMILES string of the molecule is CC1COC(CBr)CN1C(=O)c1cc2ccccc2o1. The topological polar surface area (TPSA) is 42.7 Å². The average molecular weight is 338 g/mol. The van der Waals surface area contributed by atoms with Gasteiger partial charge in [0.1, 0.15) is 5.58 Å². The molecule has 2 atom stereocenters. The van der Waals surface area contributed by atoms with Crippen LogP contribution < -0.4 is 0 Å². The number of halogens is 1. The van der Waals surface area contributed by atoms with Gasteiger partial charge in [0.05, 0.1) is 18.8 Å². The van der Waals surface area contributed by atoms with Crippen molar-refractivity contribution in [3.63, 3.8) is 0 Å². The molecular weight excluding hydrogens is 322 g/mol. The summed E-state index contributed by atoms with van der Waals surface area (Å²) in [5, 5.41) is 1.68. The Balaban J connectivity index is 1.86. The quantitative estimate of drug-likeness (QED) is 0.791. The van der Waals surface area contributed by atoms with Crippen molar-refractivity contribution in [2.75, 3.05) is 18.5 Å². The van der Waals surface area contributed by atoms with Crippen LogP contribution in [0.3, 0.4) is 0 Å². The third kappa shape index (κ3) is 2.47. The highest BCUT2D eigenvalue weighted by molar-refractivity contribution is 9.09. The molecule has 1 aromatic heterocycles. The number of rotatable bonds is 2. The predicted octanol–water partition coefficient (Wildman–Crippen LogP) is 3.06. The van der Waals surface area contributed by atoms with Gasteiger partial charge in [-0.05, 0) is 19.1 Å². The molecule has 1 fully saturated rings. The van der Waals surface area contributed by atoms with E-state index in [0.29, 0.717) is 18.9 Å². The van der Waals surface area contributed by atoms with E-state index < -0.39 is 0 Å². The number of fused-ring (bicyclic) bond motifs is 1. The summed E-state index contributed by atoms with van der Waals surface area (Å²) < 4.78 is 11.3. The standard InChI is InChI=1S/C15H16BrNO3/c1-10-9-19-12(7-16)8-17(10)15(18)14-6-11-4-2-3-5-13(11)20-14/h2-6,10,12H,7-9H2,1H3. The lowest BCUT2D eigenvalue weighted by atomic mass is 10.2. The van der Waals surface area contributed by atoms with E-state index in [0.717, 1.165) is 16.3 Å². The molecule has 2 heterocycles. The minimum atomic E-state index is -0.0667. The number of morpholine rings is 1. The smallest absolute Gasteiger partial charge is 0.290 e. The van der Waals surface area contributed by atoms with E-state index >= 15 is 0 Å². The Morgan fingerprint density at radius 1 is 1.45 bits per heavy atom. The molecule has 0 saturated carbocycles. The van der Waals surface area contributed by atoms with Crippen molar-refractivity contribution < 1.29 is 13.9 Å². The Bertz CT molecular complexity index is 591. The maximum absolute atomic E-state index is 12.6. The van der Waals surface area contributed by atoms with Crippen LogP contribution in [0.25, 0.3) is 11.0 Å². The minimum absolute atomic E-state index is 0.0412. The lowest BCUT2D eigenvalue weighted by molar-refractivity contribution is -0.0370. The first kappa shape index (κ1) is 13.6. The van der Waals surface area contributed by atoms with Crippen LogP contribution in [0.15, 0.2) is 34.7 Å². The number of para-hydroxylation sites is 1. The van der Waals surface area contributed by atoms with E-state index in [1.54, 1.807) is 0 Å². The van der Waals surface area contributed by atoms with Gasteiger partial charge >= 0.3 is 0 Å². The Morgan fingerprint density at radius 3 is 3.00 bits per heavy atom. The van der Waals surface area contributed by atoms with Gasteiger partial charge in [0.2, 0.25) is 0 Å². The minimum Gasteiger partial charge on any atom is -0.451 e. The van der Waals surface area contributed by atoms with Crippen molar-refractivity contribution in [2.45, 2.75) is 19.1 Å². The molecule has 1 saturated heterocycles. The first-order valence-corrected chi connectivity index (χ1v) is 7.78. The van der Waals surface area contributed by atoms with E-state index in [1.165, 1.54) is 0 Å². The Labute approximate surface area is 125 Å². The maximum atomic E-state index is 12.6.